The monoisotopic (exact) mass is 302 g/mol. The molecule has 0 unspecified atom stereocenters. The summed E-state index contributed by atoms with van der Waals surface area (Å²) >= 11 is 3.28. The number of hydrogen-bond acceptors (Lipinski definition) is 2. The lowest BCUT2D eigenvalue weighted by Gasteiger charge is -2.33. The Morgan fingerprint density at radius 2 is 2.24 bits per heavy atom. The number of aryl methyl sites for hydroxylation is 1. The van der Waals surface area contributed by atoms with Crippen LogP contribution in [0, 0.1) is 5.82 Å². The van der Waals surface area contributed by atoms with E-state index in [4.69, 9.17) is 9.47 Å². The SMILES string of the molecule is CC1(C)CCc2cc(F)cc(OCCBr)c2O1. The van der Waals surface area contributed by atoms with Crippen molar-refractivity contribution in [2.45, 2.75) is 32.3 Å². The minimum absolute atomic E-state index is 0.211. The van der Waals surface area contributed by atoms with Crippen molar-refractivity contribution in [3.8, 4) is 11.5 Å². The van der Waals surface area contributed by atoms with Crippen molar-refractivity contribution >= 4 is 15.9 Å². The molecule has 0 saturated heterocycles. The number of halogens is 2. The number of fused-ring (bicyclic) bond motifs is 1. The molecule has 4 heteroatoms. The lowest BCUT2D eigenvalue weighted by Crippen LogP contribution is -2.33. The van der Waals surface area contributed by atoms with Crippen LogP contribution in [0.1, 0.15) is 25.8 Å². The summed E-state index contributed by atoms with van der Waals surface area (Å²) in [6.45, 7) is 4.57. The number of hydrogen-bond donors (Lipinski definition) is 0. The Hall–Kier alpha value is -0.770. The predicted octanol–water partition coefficient (Wildman–Crippen LogP) is 3.70. The Labute approximate surface area is 109 Å². The van der Waals surface area contributed by atoms with Crippen molar-refractivity contribution in [1.82, 2.24) is 0 Å². The van der Waals surface area contributed by atoms with Gasteiger partial charge in [0.2, 0.25) is 0 Å². The third-order valence-electron chi connectivity index (χ3n) is 2.81. The molecule has 1 aliphatic rings. The second-order valence-electron chi connectivity index (χ2n) is 4.79. The van der Waals surface area contributed by atoms with Crippen molar-refractivity contribution in [1.29, 1.82) is 0 Å². The maximum atomic E-state index is 13.4. The van der Waals surface area contributed by atoms with E-state index in [0.29, 0.717) is 23.4 Å². The normalized spacial score (nSPS) is 17.2. The molecule has 0 fully saturated rings. The fraction of sp³-hybridized carbons (Fsp3) is 0.538. The highest BCUT2D eigenvalue weighted by Gasteiger charge is 2.29. The molecule has 0 aromatic heterocycles. The molecule has 0 aliphatic carbocycles. The van der Waals surface area contributed by atoms with Gasteiger partial charge in [-0.1, -0.05) is 15.9 Å². The number of benzene rings is 1. The summed E-state index contributed by atoms with van der Waals surface area (Å²) in [4.78, 5) is 0. The summed E-state index contributed by atoms with van der Waals surface area (Å²) in [6.07, 6.45) is 1.71. The van der Waals surface area contributed by atoms with E-state index >= 15 is 0 Å². The zero-order valence-corrected chi connectivity index (χ0v) is 11.6. The van der Waals surface area contributed by atoms with Crippen molar-refractivity contribution in [3.05, 3.63) is 23.5 Å². The van der Waals surface area contributed by atoms with Gasteiger partial charge in [0, 0.05) is 17.0 Å². The van der Waals surface area contributed by atoms with Gasteiger partial charge < -0.3 is 9.47 Å². The lowest BCUT2D eigenvalue weighted by molar-refractivity contribution is 0.0791. The first-order valence-electron chi connectivity index (χ1n) is 5.72. The van der Waals surface area contributed by atoms with Crippen LogP contribution in [-0.4, -0.2) is 17.5 Å². The van der Waals surface area contributed by atoms with Crippen LogP contribution in [-0.2, 0) is 6.42 Å². The average molecular weight is 303 g/mol. The maximum absolute atomic E-state index is 13.4. The molecular formula is C13H16BrFO2. The second-order valence-corrected chi connectivity index (χ2v) is 5.58. The highest BCUT2D eigenvalue weighted by atomic mass is 79.9. The molecule has 2 rings (SSSR count). The van der Waals surface area contributed by atoms with Gasteiger partial charge in [-0.05, 0) is 32.8 Å². The Morgan fingerprint density at radius 1 is 1.47 bits per heavy atom. The molecule has 1 heterocycles. The Balaban J connectivity index is 2.35. The highest BCUT2D eigenvalue weighted by Crippen LogP contribution is 2.40. The van der Waals surface area contributed by atoms with E-state index in [1.807, 2.05) is 13.8 Å². The quantitative estimate of drug-likeness (QED) is 0.793. The first kappa shape index (κ1) is 12.7. The van der Waals surface area contributed by atoms with Crippen LogP contribution < -0.4 is 9.47 Å². The molecule has 0 bridgehead atoms. The summed E-state index contributed by atoms with van der Waals surface area (Å²) in [5.74, 6) is 0.937. The van der Waals surface area contributed by atoms with Gasteiger partial charge in [-0.3, -0.25) is 0 Å². The standard InChI is InChI=1S/C13H16BrFO2/c1-13(2)4-3-9-7-10(15)8-11(12(9)17-13)16-6-5-14/h7-8H,3-6H2,1-2H3. The van der Waals surface area contributed by atoms with E-state index in [2.05, 4.69) is 15.9 Å². The van der Waals surface area contributed by atoms with Gasteiger partial charge in [-0.15, -0.1) is 0 Å². The lowest BCUT2D eigenvalue weighted by atomic mass is 9.94. The van der Waals surface area contributed by atoms with Crippen LogP contribution in [0.3, 0.4) is 0 Å². The van der Waals surface area contributed by atoms with Gasteiger partial charge >= 0.3 is 0 Å². The first-order chi connectivity index (χ1) is 8.02. The minimum Gasteiger partial charge on any atom is -0.489 e. The van der Waals surface area contributed by atoms with Crippen molar-refractivity contribution in [3.63, 3.8) is 0 Å². The van der Waals surface area contributed by atoms with E-state index in [1.54, 1.807) is 0 Å². The van der Waals surface area contributed by atoms with Gasteiger partial charge in [-0.2, -0.15) is 0 Å². The zero-order valence-electron chi connectivity index (χ0n) is 10.1. The van der Waals surface area contributed by atoms with Crippen LogP contribution in [0.2, 0.25) is 0 Å². The summed E-state index contributed by atoms with van der Waals surface area (Å²) in [6, 6.07) is 2.93. The third kappa shape index (κ3) is 2.92. The molecule has 0 N–H and O–H groups in total. The van der Waals surface area contributed by atoms with Crippen LogP contribution >= 0.6 is 15.9 Å². The summed E-state index contributed by atoms with van der Waals surface area (Å²) in [5, 5.41) is 0.710. The molecule has 0 radical (unpaired) electrons. The minimum atomic E-state index is -0.267. The van der Waals surface area contributed by atoms with Crippen LogP contribution in [0.5, 0.6) is 11.5 Å². The summed E-state index contributed by atoms with van der Waals surface area (Å²) in [5.41, 5.74) is 0.686. The maximum Gasteiger partial charge on any atom is 0.165 e. The van der Waals surface area contributed by atoms with Gasteiger partial charge in [0.15, 0.2) is 11.5 Å². The summed E-state index contributed by atoms with van der Waals surface area (Å²) in [7, 11) is 0. The number of alkyl halides is 1. The molecule has 0 amide bonds. The topological polar surface area (TPSA) is 18.5 Å². The number of ether oxygens (including phenoxy) is 2. The Bertz CT molecular complexity index is 418. The average Bonchev–Trinajstić information content (AvgIpc) is 2.26. The van der Waals surface area contributed by atoms with Gasteiger partial charge in [0.1, 0.15) is 11.4 Å². The molecular weight excluding hydrogens is 287 g/mol. The largest absolute Gasteiger partial charge is 0.489 e. The third-order valence-corrected chi connectivity index (χ3v) is 3.13. The molecule has 0 spiro atoms. The molecule has 94 valence electrons. The van der Waals surface area contributed by atoms with Crippen LogP contribution in [0.4, 0.5) is 4.39 Å². The van der Waals surface area contributed by atoms with Crippen LogP contribution in [0.15, 0.2) is 12.1 Å². The van der Waals surface area contributed by atoms with Crippen molar-refractivity contribution in [2.24, 2.45) is 0 Å². The Kier molecular flexibility index (Phi) is 3.61. The molecule has 0 atom stereocenters. The zero-order chi connectivity index (χ0) is 12.5. The van der Waals surface area contributed by atoms with Gasteiger partial charge in [0.05, 0.1) is 6.61 Å². The first-order valence-corrected chi connectivity index (χ1v) is 6.84. The van der Waals surface area contributed by atoms with E-state index in [-0.39, 0.29) is 11.4 Å². The molecule has 17 heavy (non-hydrogen) atoms. The fourth-order valence-electron chi connectivity index (χ4n) is 1.94. The van der Waals surface area contributed by atoms with Gasteiger partial charge in [0.25, 0.3) is 0 Å². The van der Waals surface area contributed by atoms with E-state index in [1.165, 1.54) is 12.1 Å². The molecule has 1 aliphatic heterocycles. The van der Waals surface area contributed by atoms with Crippen LogP contribution in [0.25, 0.3) is 0 Å². The smallest absolute Gasteiger partial charge is 0.165 e. The number of rotatable bonds is 3. The summed E-state index contributed by atoms with van der Waals surface area (Å²) < 4.78 is 24.8. The fourth-order valence-corrected chi connectivity index (χ4v) is 2.10. The van der Waals surface area contributed by atoms with E-state index in [9.17, 15) is 4.39 Å². The molecule has 1 aromatic rings. The van der Waals surface area contributed by atoms with E-state index < -0.39 is 0 Å². The van der Waals surface area contributed by atoms with E-state index in [0.717, 1.165) is 18.4 Å². The van der Waals surface area contributed by atoms with Crippen molar-refractivity contribution in [2.75, 3.05) is 11.9 Å². The second kappa shape index (κ2) is 4.84. The highest BCUT2D eigenvalue weighted by molar-refractivity contribution is 9.09. The van der Waals surface area contributed by atoms with Crippen molar-refractivity contribution < 1.29 is 13.9 Å². The van der Waals surface area contributed by atoms with Gasteiger partial charge in [-0.25, -0.2) is 4.39 Å². The Morgan fingerprint density at radius 3 is 2.94 bits per heavy atom. The molecule has 0 saturated carbocycles. The molecule has 1 aromatic carbocycles. The predicted molar refractivity (Wildman–Crippen MR) is 68.7 cm³/mol. The molecule has 2 nitrogen and oxygen atoms in total.